The van der Waals surface area contributed by atoms with Crippen molar-refractivity contribution < 1.29 is 0 Å². The van der Waals surface area contributed by atoms with E-state index in [1.54, 1.807) is 0 Å². The van der Waals surface area contributed by atoms with Crippen molar-refractivity contribution in [1.82, 2.24) is 15.5 Å². The van der Waals surface area contributed by atoms with Gasteiger partial charge in [-0.2, -0.15) is 0 Å². The van der Waals surface area contributed by atoms with E-state index < -0.39 is 0 Å². The van der Waals surface area contributed by atoms with Crippen LogP contribution in [0.4, 0.5) is 0 Å². The number of hydrogen-bond donors (Lipinski definition) is 2. The standard InChI is InChI=1S/C19H34N4S/c1-5-20-19(21-11-8-17-9-12-23(4)13-10-17)22-15(2)14-18-7-6-16(3)24-18/h6-7,15,17H,5,8-14H2,1-4H3,(H2,20,21,22). The minimum atomic E-state index is 0.393. The quantitative estimate of drug-likeness (QED) is 0.586. The van der Waals surface area contributed by atoms with Gasteiger partial charge in [-0.3, -0.25) is 4.99 Å². The minimum absolute atomic E-state index is 0.393. The molecule has 0 aromatic carbocycles. The molecule has 2 rings (SSSR count). The Morgan fingerprint density at radius 1 is 1.38 bits per heavy atom. The van der Waals surface area contributed by atoms with Crippen LogP contribution >= 0.6 is 11.3 Å². The van der Waals surface area contributed by atoms with Crippen molar-refractivity contribution in [3.8, 4) is 0 Å². The number of aryl methyl sites for hydroxylation is 1. The van der Waals surface area contributed by atoms with E-state index in [0.29, 0.717) is 6.04 Å². The Balaban J connectivity index is 1.77. The van der Waals surface area contributed by atoms with Gasteiger partial charge in [-0.05, 0) is 78.2 Å². The average Bonchev–Trinajstić information content (AvgIpc) is 2.94. The Kier molecular flexibility index (Phi) is 8.06. The predicted molar refractivity (Wildman–Crippen MR) is 106 cm³/mol. The summed E-state index contributed by atoms with van der Waals surface area (Å²) in [6.45, 7) is 10.8. The number of aliphatic imine (C=N–C) groups is 1. The molecule has 1 aliphatic rings. The van der Waals surface area contributed by atoms with E-state index in [2.05, 4.69) is 55.5 Å². The fourth-order valence-corrected chi connectivity index (χ4v) is 4.23. The normalized spacial score (nSPS) is 18.6. The summed E-state index contributed by atoms with van der Waals surface area (Å²) in [6, 6.07) is 4.83. The van der Waals surface area contributed by atoms with E-state index in [0.717, 1.165) is 31.4 Å². The number of guanidine groups is 1. The molecule has 1 aliphatic heterocycles. The van der Waals surface area contributed by atoms with Crippen molar-refractivity contribution in [1.29, 1.82) is 0 Å². The zero-order chi connectivity index (χ0) is 17.4. The lowest BCUT2D eigenvalue weighted by Gasteiger charge is -2.28. The number of nitrogens with one attached hydrogen (secondary N) is 2. The highest BCUT2D eigenvalue weighted by atomic mass is 32.1. The van der Waals surface area contributed by atoms with Gasteiger partial charge in [0.2, 0.25) is 0 Å². The Labute approximate surface area is 151 Å². The highest BCUT2D eigenvalue weighted by Crippen LogP contribution is 2.19. The molecule has 2 N–H and O–H groups in total. The Morgan fingerprint density at radius 3 is 2.75 bits per heavy atom. The zero-order valence-electron chi connectivity index (χ0n) is 15.8. The van der Waals surface area contributed by atoms with Crippen LogP contribution in [0.25, 0.3) is 0 Å². The van der Waals surface area contributed by atoms with Crippen molar-refractivity contribution in [2.75, 3.05) is 33.2 Å². The first-order valence-electron chi connectivity index (χ1n) is 9.35. The number of piperidine rings is 1. The first kappa shape index (κ1) is 19.3. The van der Waals surface area contributed by atoms with Gasteiger partial charge in [-0.15, -0.1) is 11.3 Å². The van der Waals surface area contributed by atoms with E-state index in [4.69, 9.17) is 4.99 Å². The predicted octanol–water partition coefficient (Wildman–Crippen LogP) is 3.27. The number of likely N-dealkylation sites (tertiary alicyclic amines) is 1. The van der Waals surface area contributed by atoms with Gasteiger partial charge in [0.05, 0.1) is 0 Å². The molecule has 4 nitrogen and oxygen atoms in total. The molecule has 1 unspecified atom stereocenters. The SMILES string of the molecule is CCNC(=NCCC1CCN(C)CC1)NC(C)Cc1ccc(C)s1. The minimum Gasteiger partial charge on any atom is -0.357 e. The van der Waals surface area contributed by atoms with Crippen molar-refractivity contribution in [3.05, 3.63) is 21.9 Å². The third-order valence-electron chi connectivity index (χ3n) is 4.68. The molecule has 1 fully saturated rings. The average molecular weight is 351 g/mol. The molecule has 1 aromatic heterocycles. The second-order valence-corrected chi connectivity index (χ2v) is 8.43. The first-order chi connectivity index (χ1) is 11.6. The van der Waals surface area contributed by atoms with Crippen LogP contribution in [0.1, 0.15) is 42.9 Å². The van der Waals surface area contributed by atoms with Crippen LogP contribution in [-0.4, -0.2) is 50.1 Å². The fourth-order valence-electron chi connectivity index (χ4n) is 3.21. The third kappa shape index (κ3) is 6.81. The van der Waals surface area contributed by atoms with Gasteiger partial charge in [0, 0.05) is 35.3 Å². The van der Waals surface area contributed by atoms with Gasteiger partial charge in [-0.25, -0.2) is 0 Å². The molecule has 0 spiro atoms. The zero-order valence-corrected chi connectivity index (χ0v) is 16.6. The molecule has 1 saturated heterocycles. The lowest BCUT2D eigenvalue weighted by molar-refractivity contribution is 0.214. The highest BCUT2D eigenvalue weighted by molar-refractivity contribution is 7.11. The van der Waals surface area contributed by atoms with Crippen LogP contribution in [-0.2, 0) is 6.42 Å². The Hall–Kier alpha value is -1.07. The van der Waals surface area contributed by atoms with Crippen molar-refractivity contribution >= 4 is 17.3 Å². The van der Waals surface area contributed by atoms with Gasteiger partial charge in [0.25, 0.3) is 0 Å². The molecule has 1 aromatic rings. The number of hydrogen-bond acceptors (Lipinski definition) is 3. The van der Waals surface area contributed by atoms with Crippen LogP contribution in [0.5, 0.6) is 0 Å². The highest BCUT2D eigenvalue weighted by Gasteiger charge is 2.16. The molecular formula is C19H34N4S. The summed E-state index contributed by atoms with van der Waals surface area (Å²) in [7, 11) is 2.22. The second-order valence-electron chi connectivity index (χ2n) is 7.06. The molecule has 5 heteroatoms. The maximum atomic E-state index is 4.80. The molecule has 2 heterocycles. The Morgan fingerprint density at radius 2 is 2.12 bits per heavy atom. The van der Waals surface area contributed by atoms with Crippen molar-refractivity contribution in [2.24, 2.45) is 10.9 Å². The summed E-state index contributed by atoms with van der Waals surface area (Å²) < 4.78 is 0. The number of nitrogens with zero attached hydrogens (tertiary/aromatic N) is 2. The van der Waals surface area contributed by atoms with Gasteiger partial charge >= 0.3 is 0 Å². The van der Waals surface area contributed by atoms with Crippen LogP contribution < -0.4 is 10.6 Å². The van der Waals surface area contributed by atoms with Crippen LogP contribution in [0, 0.1) is 12.8 Å². The van der Waals surface area contributed by atoms with Gasteiger partial charge < -0.3 is 15.5 Å². The summed E-state index contributed by atoms with van der Waals surface area (Å²) >= 11 is 1.89. The maximum absolute atomic E-state index is 4.80. The van der Waals surface area contributed by atoms with E-state index in [1.165, 1.54) is 42.1 Å². The summed E-state index contributed by atoms with van der Waals surface area (Å²) in [5, 5.41) is 6.94. The van der Waals surface area contributed by atoms with Crippen molar-refractivity contribution in [2.45, 2.75) is 52.5 Å². The lowest BCUT2D eigenvalue weighted by atomic mass is 9.94. The molecule has 136 valence electrons. The van der Waals surface area contributed by atoms with Gasteiger partial charge in [0.1, 0.15) is 0 Å². The van der Waals surface area contributed by atoms with E-state index >= 15 is 0 Å². The Bertz CT molecular complexity index is 503. The molecular weight excluding hydrogens is 316 g/mol. The summed E-state index contributed by atoms with van der Waals surface area (Å²) in [5.41, 5.74) is 0. The monoisotopic (exact) mass is 350 g/mol. The van der Waals surface area contributed by atoms with Crippen molar-refractivity contribution in [3.63, 3.8) is 0 Å². The number of thiophene rings is 1. The van der Waals surface area contributed by atoms with E-state index in [-0.39, 0.29) is 0 Å². The molecule has 0 bridgehead atoms. The molecule has 0 aliphatic carbocycles. The summed E-state index contributed by atoms with van der Waals surface area (Å²) in [4.78, 5) is 10.1. The summed E-state index contributed by atoms with van der Waals surface area (Å²) in [5.74, 6) is 1.81. The molecule has 1 atom stereocenters. The van der Waals surface area contributed by atoms with Gasteiger partial charge in [-0.1, -0.05) is 0 Å². The van der Waals surface area contributed by atoms with E-state index in [1.807, 2.05) is 11.3 Å². The first-order valence-corrected chi connectivity index (χ1v) is 10.2. The smallest absolute Gasteiger partial charge is 0.191 e. The lowest BCUT2D eigenvalue weighted by Crippen LogP contribution is -2.43. The molecule has 24 heavy (non-hydrogen) atoms. The molecule has 0 amide bonds. The number of rotatable bonds is 7. The largest absolute Gasteiger partial charge is 0.357 e. The van der Waals surface area contributed by atoms with Gasteiger partial charge in [0.15, 0.2) is 5.96 Å². The fraction of sp³-hybridized carbons (Fsp3) is 0.737. The topological polar surface area (TPSA) is 39.7 Å². The second kappa shape index (κ2) is 10.0. The maximum Gasteiger partial charge on any atom is 0.191 e. The summed E-state index contributed by atoms with van der Waals surface area (Å²) in [6.07, 6.45) is 4.91. The third-order valence-corrected chi connectivity index (χ3v) is 5.70. The molecule has 0 radical (unpaired) electrons. The van der Waals surface area contributed by atoms with Crippen LogP contribution in [0.15, 0.2) is 17.1 Å². The van der Waals surface area contributed by atoms with Crippen LogP contribution in [0.3, 0.4) is 0 Å². The van der Waals surface area contributed by atoms with Crippen LogP contribution in [0.2, 0.25) is 0 Å². The molecule has 0 saturated carbocycles. The van der Waals surface area contributed by atoms with E-state index in [9.17, 15) is 0 Å².